The largest absolute Gasteiger partial charge is 0.497 e. The van der Waals surface area contributed by atoms with E-state index in [-0.39, 0.29) is 18.5 Å². The van der Waals surface area contributed by atoms with E-state index >= 15 is 0 Å². The number of aliphatic carboxylic acids is 1. The van der Waals surface area contributed by atoms with Crippen molar-refractivity contribution >= 4 is 28.6 Å². The Morgan fingerprint density at radius 1 is 0.971 bits per heavy atom. The fourth-order valence-corrected chi connectivity index (χ4v) is 4.42. The number of ether oxygens (including phenoxy) is 2. The van der Waals surface area contributed by atoms with Crippen molar-refractivity contribution in [1.29, 1.82) is 0 Å². The van der Waals surface area contributed by atoms with Gasteiger partial charge in [-0.3, -0.25) is 9.59 Å². The summed E-state index contributed by atoms with van der Waals surface area (Å²) in [5.41, 5.74) is 2.18. The van der Waals surface area contributed by atoms with Crippen LogP contribution in [0.1, 0.15) is 6.42 Å². The molecule has 0 saturated heterocycles. The first-order valence-corrected chi connectivity index (χ1v) is 11.4. The maximum absolute atomic E-state index is 12.7. The van der Waals surface area contributed by atoms with Gasteiger partial charge in [-0.15, -0.1) is 16.9 Å². The zero-order valence-electron chi connectivity index (χ0n) is 18.7. The molecule has 0 radical (unpaired) electrons. The summed E-state index contributed by atoms with van der Waals surface area (Å²) in [5, 5.41) is 17.4. The van der Waals surface area contributed by atoms with Gasteiger partial charge in [0.25, 0.3) is 5.56 Å². The zero-order chi connectivity index (χ0) is 24.1. The maximum Gasteiger partial charge on any atom is 0.317 e. The molecule has 34 heavy (non-hydrogen) atoms. The number of aromatic nitrogens is 3. The standard InChI is InChI=1S/C25H23N3O5S/c1-32-18-7-3-16(4-8-18)17-5-10-20(11-6-17)34-23(25(30)31)13-14-28-24(29)21-12-9-19(33-2)15-22(21)26-27-28/h3-12,15,23H,13-14H2,1-2H3,(H,30,31). The quantitative estimate of drug-likeness (QED) is 0.359. The molecule has 0 bridgehead atoms. The predicted octanol–water partition coefficient (Wildman–Crippen LogP) is 4.11. The highest BCUT2D eigenvalue weighted by Gasteiger charge is 2.20. The van der Waals surface area contributed by atoms with Crippen LogP contribution in [0.3, 0.4) is 0 Å². The normalized spacial score (nSPS) is 11.8. The second-order valence-corrected chi connectivity index (χ2v) is 8.76. The molecule has 174 valence electrons. The number of methoxy groups -OCH3 is 2. The van der Waals surface area contributed by atoms with Gasteiger partial charge in [-0.2, -0.15) is 0 Å². The minimum absolute atomic E-state index is 0.141. The lowest BCUT2D eigenvalue weighted by molar-refractivity contribution is -0.136. The average Bonchev–Trinajstić information content (AvgIpc) is 2.87. The maximum atomic E-state index is 12.7. The molecule has 1 atom stereocenters. The molecule has 0 aliphatic carbocycles. The van der Waals surface area contributed by atoms with E-state index in [0.29, 0.717) is 16.7 Å². The highest BCUT2D eigenvalue weighted by molar-refractivity contribution is 8.00. The lowest BCUT2D eigenvalue weighted by Crippen LogP contribution is -2.27. The third-order valence-electron chi connectivity index (χ3n) is 5.36. The van der Waals surface area contributed by atoms with E-state index in [2.05, 4.69) is 10.3 Å². The summed E-state index contributed by atoms with van der Waals surface area (Å²) in [6.07, 6.45) is 0.219. The summed E-state index contributed by atoms with van der Waals surface area (Å²) < 4.78 is 11.5. The van der Waals surface area contributed by atoms with Gasteiger partial charge in [0.05, 0.1) is 19.6 Å². The Kier molecular flexibility index (Phi) is 7.12. The van der Waals surface area contributed by atoms with Gasteiger partial charge in [0, 0.05) is 17.5 Å². The van der Waals surface area contributed by atoms with Gasteiger partial charge in [-0.1, -0.05) is 29.5 Å². The van der Waals surface area contributed by atoms with Gasteiger partial charge in [0.15, 0.2) is 0 Å². The molecule has 0 amide bonds. The first-order chi connectivity index (χ1) is 16.5. The van der Waals surface area contributed by atoms with Gasteiger partial charge in [0.1, 0.15) is 22.3 Å². The Hall–Kier alpha value is -3.85. The van der Waals surface area contributed by atoms with Crippen LogP contribution in [0.2, 0.25) is 0 Å². The number of thioether (sulfide) groups is 1. The van der Waals surface area contributed by atoms with Gasteiger partial charge >= 0.3 is 5.97 Å². The van der Waals surface area contributed by atoms with Gasteiger partial charge in [-0.25, -0.2) is 4.68 Å². The van der Waals surface area contributed by atoms with Crippen molar-refractivity contribution in [3.05, 3.63) is 77.1 Å². The summed E-state index contributed by atoms with van der Waals surface area (Å²) in [4.78, 5) is 25.4. The van der Waals surface area contributed by atoms with E-state index < -0.39 is 11.2 Å². The van der Waals surface area contributed by atoms with Crippen molar-refractivity contribution < 1.29 is 19.4 Å². The third kappa shape index (κ3) is 5.20. The monoisotopic (exact) mass is 477 g/mol. The summed E-state index contributed by atoms with van der Waals surface area (Å²) in [5.74, 6) is 0.422. The molecular weight excluding hydrogens is 454 g/mol. The predicted molar refractivity (Wildman–Crippen MR) is 131 cm³/mol. The van der Waals surface area contributed by atoms with Crippen LogP contribution in [-0.2, 0) is 11.3 Å². The van der Waals surface area contributed by atoms with Crippen LogP contribution in [0.25, 0.3) is 22.0 Å². The van der Waals surface area contributed by atoms with E-state index in [1.165, 1.54) is 23.6 Å². The SMILES string of the molecule is COc1ccc(-c2ccc(SC(CCn3nnc4cc(OC)ccc4c3=O)C(=O)O)cc2)cc1. The third-order valence-corrected chi connectivity index (χ3v) is 6.63. The van der Waals surface area contributed by atoms with Crippen molar-refractivity contribution in [3.8, 4) is 22.6 Å². The highest BCUT2D eigenvalue weighted by Crippen LogP contribution is 2.29. The van der Waals surface area contributed by atoms with Crippen LogP contribution in [-0.4, -0.2) is 45.5 Å². The molecule has 4 aromatic rings. The lowest BCUT2D eigenvalue weighted by Gasteiger charge is -2.13. The Bertz CT molecular complexity index is 1350. The Labute approximate surface area is 200 Å². The number of rotatable bonds is 9. The van der Waals surface area contributed by atoms with Crippen LogP contribution in [0.4, 0.5) is 0 Å². The molecule has 0 aliphatic heterocycles. The molecule has 1 unspecified atom stereocenters. The van der Waals surface area contributed by atoms with E-state index in [9.17, 15) is 14.7 Å². The molecule has 3 aromatic carbocycles. The Morgan fingerprint density at radius 2 is 1.59 bits per heavy atom. The van der Waals surface area contributed by atoms with Crippen LogP contribution in [0, 0.1) is 0 Å². The van der Waals surface area contributed by atoms with Crippen LogP contribution in [0.15, 0.2) is 76.4 Å². The topological polar surface area (TPSA) is 104 Å². The van der Waals surface area contributed by atoms with E-state index in [1.807, 2.05) is 48.5 Å². The molecule has 0 aliphatic rings. The summed E-state index contributed by atoms with van der Waals surface area (Å²) in [6.45, 7) is 0.141. The molecule has 0 saturated carbocycles. The van der Waals surface area contributed by atoms with Gasteiger partial charge in [0.2, 0.25) is 0 Å². The lowest BCUT2D eigenvalue weighted by atomic mass is 10.1. The fourth-order valence-electron chi connectivity index (χ4n) is 3.48. The summed E-state index contributed by atoms with van der Waals surface area (Å²) in [7, 11) is 3.16. The number of carbonyl (C=O) groups is 1. The van der Waals surface area contributed by atoms with Gasteiger partial charge < -0.3 is 14.6 Å². The van der Waals surface area contributed by atoms with E-state index in [0.717, 1.165) is 21.8 Å². The highest BCUT2D eigenvalue weighted by atomic mass is 32.2. The Morgan fingerprint density at radius 3 is 2.21 bits per heavy atom. The minimum atomic E-state index is -0.948. The summed E-state index contributed by atoms with van der Waals surface area (Å²) in [6, 6.07) is 20.4. The van der Waals surface area contributed by atoms with Crippen molar-refractivity contribution in [2.45, 2.75) is 23.1 Å². The first-order valence-electron chi connectivity index (χ1n) is 10.5. The minimum Gasteiger partial charge on any atom is -0.497 e. The second-order valence-electron chi connectivity index (χ2n) is 7.49. The molecule has 8 nitrogen and oxygen atoms in total. The number of carboxylic acid groups (broad SMARTS) is 1. The van der Waals surface area contributed by atoms with Crippen LogP contribution >= 0.6 is 11.8 Å². The van der Waals surface area contributed by atoms with Crippen molar-refractivity contribution in [2.75, 3.05) is 14.2 Å². The smallest absolute Gasteiger partial charge is 0.317 e. The molecule has 1 heterocycles. The molecule has 1 aromatic heterocycles. The fraction of sp³-hybridized carbons (Fsp3) is 0.200. The average molecular weight is 478 g/mol. The molecule has 0 spiro atoms. The Balaban J connectivity index is 1.45. The molecule has 1 N–H and O–H groups in total. The molecule has 4 rings (SSSR count). The number of carboxylic acids is 1. The number of aryl methyl sites for hydroxylation is 1. The summed E-state index contributed by atoms with van der Waals surface area (Å²) >= 11 is 1.24. The number of nitrogens with zero attached hydrogens (tertiary/aromatic N) is 3. The van der Waals surface area contributed by atoms with Gasteiger partial charge in [-0.05, 0) is 53.9 Å². The number of hydrogen-bond acceptors (Lipinski definition) is 7. The first kappa shape index (κ1) is 23.3. The van der Waals surface area contributed by atoms with Crippen LogP contribution in [0.5, 0.6) is 11.5 Å². The van der Waals surface area contributed by atoms with E-state index in [1.54, 1.807) is 25.3 Å². The van der Waals surface area contributed by atoms with Crippen molar-refractivity contribution in [1.82, 2.24) is 15.0 Å². The van der Waals surface area contributed by atoms with Crippen molar-refractivity contribution in [2.24, 2.45) is 0 Å². The molecular formula is C25H23N3O5S. The zero-order valence-corrected chi connectivity index (χ0v) is 19.5. The number of benzene rings is 3. The molecule has 9 heteroatoms. The van der Waals surface area contributed by atoms with Crippen LogP contribution < -0.4 is 15.0 Å². The number of hydrogen-bond donors (Lipinski definition) is 1. The van der Waals surface area contributed by atoms with E-state index in [4.69, 9.17) is 9.47 Å². The second kappa shape index (κ2) is 10.4. The number of fused-ring (bicyclic) bond motifs is 1. The van der Waals surface area contributed by atoms with Crippen molar-refractivity contribution in [3.63, 3.8) is 0 Å². The molecule has 0 fully saturated rings.